The van der Waals surface area contributed by atoms with Crippen LogP contribution in [0.3, 0.4) is 0 Å². The molecule has 0 fully saturated rings. The molecule has 2 rings (SSSR count). The molecule has 0 unspecified atom stereocenters. The fourth-order valence-corrected chi connectivity index (χ4v) is 2.44. The number of rotatable bonds is 4. The Bertz CT molecular complexity index is 618. The zero-order valence-corrected chi connectivity index (χ0v) is 12.4. The number of aryl methyl sites for hydroxylation is 2. The smallest absolute Gasteiger partial charge is 0.340 e. The molecule has 0 radical (unpaired) electrons. The van der Waals surface area contributed by atoms with E-state index in [1.165, 1.54) is 11.8 Å². The number of benzene rings is 1. The van der Waals surface area contributed by atoms with Crippen LogP contribution in [-0.2, 0) is 4.74 Å². The van der Waals surface area contributed by atoms with Gasteiger partial charge in [0.05, 0.1) is 17.9 Å². The highest BCUT2D eigenvalue weighted by Crippen LogP contribution is 2.30. The summed E-state index contributed by atoms with van der Waals surface area (Å²) >= 11 is 1.34. The Morgan fingerprint density at radius 1 is 1.45 bits per heavy atom. The first-order valence-electron chi connectivity index (χ1n) is 6.19. The average molecular weight is 292 g/mol. The number of nitrogen functional groups attached to an aromatic ring is 1. The SMILES string of the molecule is CCOC(=O)c1cc(Sc2nc(C)c(C)o2)ccc1N. The molecule has 0 atom stereocenters. The van der Waals surface area contributed by atoms with Gasteiger partial charge in [-0.05, 0) is 50.7 Å². The van der Waals surface area contributed by atoms with E-state index in [2.05, 4.69) is 4.98 Å². The van der Waals surface area contributed by atoms with Crippen molar-refractivity contribution in [2.75, 3.05) is 12.3 Å². The first-order valence-corrected chi connectivity index (χ1v) is 7.01. The minimum Gasteiger partial charge on any atom is -0.462 e. The van der Waals surface area contributed by atoms with Gasteiger partial charge < -0.3 is 14.9 Å². The minimum absolute atomic E-state index is 0.313. The first-order chi connectivity index (χ1) is 9.51. The van der Waals surface area contributed by atoms with Crippen molar-refractivity contribution in [1.29, 1.82) is 0 Å². The highest BCUT2D eigenvalue weighted by Gasteiger charge is 2.14. The third-order valence-electron chi connectivity index (χ3n) is 2.73. The third-order valence-corrected chi connectivity index (χ3v) is 3.57. The van der Waals surface area contributed by atoms with E-state index in [0.29, 0.717) is 23.1 Å². The zero-order valence-electron chi connectivity index (χ0n) is 11.6. The van der Waals surface area contributed by atoms with Gasteiger partial charge >= 0.3 is 5.97 Å². The maximum absolute atomic E-state index is 11.8. The number of aromatic nitrogens is 1. The molecule has 0 aliphatic carbocycles. The van der Waals surface area contributed by atoms with Gasteiger partial charge in [0.1, 0.15) is 5.76 Å². The van der Waals surface area contributed by atoms with Crippen LogP contribution in [0.4, 0.5) is 5.69 Å². The van der Waals surface area contributed by atoms with Crippen LogP contribution < -0.4 is 5.73 Å². The molecule has 2 N–H and O–H groups in total. The van der Waals surface area contributed by atoms with Gasteiger partial charge in [0.2, 0.25) is 0 Å². The summed E-state index contributed by atoms with van der Waals surface area (Å²) in [6, 6.07) is 5.18. The summed E-state index contributed by atoms with van der Waals surface area (Å²) in [6.07, 6.45) is 0. The molecule has 0 spiro atoms. The normalized spacial score (nSPS) is 10.6. The van der Waals surface area contributed by atoms with Crippen molar-refractivity contribution in [3.8, 4) is 0 Å². The number of anilines is 1. The highest BCUT2D eigenvalue weighted by atomic mass is 32.2. The number of nitrogens with zero attached hydrogens (tertiary/aromatic N) is 1. The molecule has 1 aromatic carbocycles. The molecule has 0 aliphatic heterocycles. The predicted octanol–water partition coefficient (Wildman–Crippen LogP) is 3.20. The van der Waals surface area contributed by atoms with Crippen LogP contribution in [0.2, 0.25) is 0 Å². The standard InChI is InChI=1S/C14H16N2O3S/c1-4-18-13(17)11-7-10(5-6-12(11)15)20-14-16-8(2)9(3)19-14/h5-7H,4,15H2,1-3H3. The number of carbonyl (C=O) groups excluding carboxylic acids is 1. The molecule has 0 amide bonds. The van der Waals surface area contributed by atoms with Crippen molar-refractivity contribution in [1.82, 2.24) is 4.98 Å². The number of hydrogen-bond donors (Lipinski definition) is 1. The van der Waals surface area contributed by atoms with Crippen LogP contribution in [0.1, 0.15) is 28.7 Å². The van der Waals surface area contributed by atoms with Crippen LogP contribution in [0.25, 0.3) is 0 Å². The maximum Gasteiger partial charge on any atom is 0.340 e. The van der Waals surface area contributed by atoms with Gasteiger partial charge in [0.15, 0.2) is 0 Å². The molecule has 1 aromatic heterocycles. The summed E-state index contributed by atoms with van der Waals surface area (Å²) in [5, 5.41) is 0.541. The summed E-state index contributed by atoms with van der Waals surface area (Å²) in [7, 11) is 0. The Balaban J connectivity index is 2.25. The van der Waals surface area contributed by atoms with Crippen LogP contribution >= 0.6 is 11.8 Å². The lowest BCUT2D eigenvalue weighted by Crippen LogP contribution is -2.07. The van der Waals surface area contributed by atoms with Crippen molar-refractivity contribution in [2.24, 2.45) is 0 Å². The number of carbonyl (C=O) groups is 1. The molecule has 106 valence electrons. The minimum atomic E-state index is -0.424. The third kappa shape index (κ3) is 3.14. The van der Waals surface area contributed by atoms with Gasteiger partial charge in [-0.15, -0.1) is 0 Å². The number of oxazole rings is 1. The van der Waals surface area contributed by atoms with E-state index >= 15 is 0 Å². The van der Waals surface area contributed by atoms with Gasteiger partial charge in [-0.2, -0.15) is 0 Å². The number of esters is 1. The van der Waals surface area contributed by atoms with Crippen molar-refractivity contribution in [2.45, 2.75) is 30.9 Å². The molecule has 6 heteroatoms. The lowest BCUT2D eigenvalue weighted by atomic mass is 10.2. The van der Waals surface area contributed by atoms with E-state index in [-0.39, 0.29) is 0 Å². The van der Waals surface area contributed by atoms with E-state index in [1.807, 2.05) is 19.9 Å². The van der Waals surface area contributed by atoms with Gasteiger partial charge in [0, 0.05) is 10.6 Å². The number of ether oxygens (including phenoxy) is 1. The predicted molar refractivity (Wildman–Crippen MR) is 76.9 cm³/mol. The molecule has 2 aromatic rings. The second-order valence-electron chi connectivity index (χ2n) is 4.19. The topological polar surface area (TPSA) is 78.3 Å². The Kier molecular flexibility index (Phi) is 4.34. The summed E-state index contributed by atoms with van der Waals surface area (Å²) in [6.45, 7) is 5.81. The molecule has 1 heterocycles. The Morgan fingerprint density at radius 2 is 2.20 bits per heavy atom. The van der Waals surface area contributed by atoms with Crippen molar-refractivity contribution in [3.05, 3.63) is 35.2 Å². The van der Waals surface area contributed by atoms with E-state index in [9.17, 15) is 4.79 Å². The fraction of sp³-hybridized carbons (Fsp3) is 0.286. The van der Waals surface area contributed by atoms with Crippen LogP contribution in [0, 0.1) is 13.8 Å². The van der Waals surface area contributed by atoms with Gasteiger partial charge in [0.25, 0.3) is 5.22 Å². The molecule has 0 saturated heterocycles. The molecule has 20 heavy (non-hydrogen) atoms. The van der Waals surface area contributed by atoms with Crippen LogP contribution in [0.5, 0.6) is 0 Å². The summed E-state index contributed by atoms with van der Waals surface area (Å²) in [5.41, 5.74) is 7.40. The second-order valence-corrected chi connectivity index (χ2v) is 5.22. The monoisotopic (exact) mass is 292 g/mol. The zero-order chi connectivity index (χ0) is 14.7. The average Bonchev–Trinajstić information content (AvgIpc) is 2.71. The molecular weight excluding hydrogens is 276 g/mol. The maximum atomic E-state index is 11.8. The summed E-state index contributed by atoms with van der Waals surface area (Å²) in [5.74, 6) is 0.362. The second kappa shape index (κ2) is 6.00. The van der Waals surface area contributed by atoms with E-state index in [0.717, 1.165) is 16.3 Å². The van der Waals surface area contributed by atoms with Gasteiger partial charge in [-0.1, -0.05) is 0 Å². The van der Waals surface area contributed by atoms with Crippen molar-refractivity contribution < 1.29 is 13.9 Å². The highest BCUT2D eigenvalue weighted by molar-refractivity contribution is 7.99. The largest absolute Gasteiger partial charge is 0.462 e. The van der Waals surface area contributed by atoms with Gasteiger partial charge in [-0.3, -0.25) is 0 Å². The van der Waals surface area contributed by atoms with Crippen molar-refractivity contribution >= 4 is 23.4 Å². The van der Waals surface area contributed by atoms with Crippen LogP contribution in [0.15, 0.2) is 32.7 Å². The quantitative estimate of drug-likeness (QED) is 0.688. The lowest BCUT2D eigenvalue weighted by molar-refractivity contribution is 0.0527. The van der Waals surface area contributed by atoms with E-state index in [1.54, 1.807) is 19.1 Å². The van der Waals surface area contributed by atoms with E-state index in [4.69, 9.17) is 14.9 Å². The van der Waals surface area contributed by atoms with Gasteiger partial charge in [-0.25, -0.2) is 9.78 Å². The lowest BCUT2D eigenvalue weighted by Gasteiger charge is -2.06. The summed E-state index contributed by atoms with van der Waals surface area (Å²) in [4.78, 5) is 16.9. The fourth-order valence-electron chi connectivity index (χ4n) is 1.57. The van der Waals surface area contributed by atoms with Crippen molar-refractivity contribution in [3.63, 3.8) is 0 Å². The number of hydrogen-bond acceptors (Lipinski definition) is 6. The first kappa shape index (κ1) is 14.5. The Labute approximate surface area is 121 Å². The molecule has 0 saturated carbocycles. The molecule has 0 aliphatic rings. The molecular formula is C14H16N2O3S. The number of nitrogens with two attached hydrogens (primary N) is 1. The molecule has 0 bridgehead atoms. The molecule has 5 nitrogen and oxygen atoms in total. The van der Waals surface area contributed by atoms with E-state index < -0.39 is 5.97 Å². The summed E-state index contributed by atoms with van der Waals surface area (Å²) < 4.78 is 10.5. The Hall–Kier alpha value is -1.95. The Morgan fingerprint density at radius 3 is 2.80 bits per heavy atom. The van der Waals surface area contributed by atoms with Crippen LogP contribution in [-0.4, -0.2) is 17.6 Å².